The van der Waals surface area contributed by atoms with Crippen LogP contribution in [0, 0.1) is 0 Å². The van der Waals surface area contributed by atoms with Crippen molar-refractivity contribution in [3.05, 3.63) is 53.2 Å². The van der Waals surface area contributed by atoms with E-state index in [2.05, 4.69) is 10.3 Å². The third-order valence-electron chi connectivity index (χ3n) is 5.34. The number of anilines is 1. The molecule has 3 aromatic rings. The molecule has 0 fully saturated rings. The van der Waals surface area contributed by atoms with Crippen molar-refractivity contribution in [2.75, 3.05) is 26.1 Å². The zero-order chi connectivity index (χ0) is 20.5. The molecule has 4 rings (SSSR count). The van der Waals surface area contributed by atoms with Crippen LogP contribution in [-0.4, -0.2) is 42.5 Å². The van der Waals surface area contributed by atoms with Gasteiger partial charge in [-0.2, -0.15) is 0 Å². The molecule has 0 saturated heterocycles. The van der Waals surface area contributed by atoms with E-state index in [4.69, 9.17) is 9.47 Å². The largest absolute Gasteiger partial charge is 0.497 e. The lowest BCUT2D eigenvalue weighted by molar-refractivity contribution is -0.129. The number of amides is 2. The van der Waals surface area contributed by atoms with Crippen LogP contribution in [0.3, 0.4) is 0 Å². The molecule has 1 aromatic heterocycles. The van der Waals surface area contributed by atoms with Crippen molar-refractivity contribution < 1.29 is 19.1 Å². The van der Waals surface area contributed by atoms with Crippen molar-refractivity contribution >= 4 is 28.4 Å². The predicted molar refractivity (Wildman–Crippen MR) is 111 cm³/mol. The maximum atomic E-state index is 12.9. The van der Waals surface area contributed by atoms with Gasteiger partial charge >= 0.3 is 0 Å². The van der Waals surface area contributed by atoms with Gasteiger partial charge in [0, 0.05) is 60.2 Å². The van der Waals surface area contributed by atoms with Crippen LogP contribution in [0.5, 0.6) is 11.5 Å². The van der Waals surface area contributed by atoms with Crippen LogP contribution in [0.1, 0.15) is 28.5 Å². The second-order valence-electron chi connectivity index (χ2n) is 7.05. The van der Waals surface area contributed by atoms with E-state index in [1.54, 1.807) is 45.4 Å². The Morgan fingerprint density at radius 1 is 1.10 bits per heavy atom. The van der Waals surface area contributed by atoms with E-state index >= 15 is 0 Å². The third-order valence-corrected chi connectivity index (χ3v) is 5.34. The van der Waals surface area contributed by atoms with Crippen LogP contribution >= 0.6 is 0 Å². The van der Waals surface area contributed by atoms with E-state index < -0.39 is 0 Å². The Hall–Kier alpha value is -3.48. The fourth-order valence-electron chi connectivity index (χ4n) is 3.73. The molecule has 0 unspecified atom stereocenters. The summed E-state index contributed by atoms with van der Waals surface area (Å²) < 4.78 is 10.6. The SMILES string of the molecule is COc1ccc(OC)c(NC(=O)c2ccc3[nH]c4c(c3c2)CN(C(C)=O)CC4)c1. The lowest BCUT2D eigenvalue weighted by Gasteiger charge is -2.26. The number of benzene rings is 2. The molecule has 1 aliphatic rings. The summed E-state index contributed by atoms with van der Waals surface area (Å²) in [7, 11) is 3.12. The van der Waals surface area contributed by atoms with Crippen molar-refractivity contribution in [3.63, 3.8) is 0 Å². The molecule has 2 heterocycles. The average Bonchev–Trinajstić information content (AvgIpc) is 3.10. The first-order chi connectivity index (χ1) is 14.0. The first-order valence-corrected chi connectivity index (χ1v) is 9.42. The summed E-state index contributed by atoms with van der Waals surface area (Å²) >= 11 is 0. The Balaban J connectivity index is 1.66. The smallest absolute Gasteiger partial charge is 0.255 e. The van der Waals surface area contributed by atoms with Gasteiger partial charge in [-0.3, -0.25) is 9.59 Å². The number of nitrogens with one attached hydrogen (secondary N) is 2. The summed E-state index contributed by atoms with van der Waals surface area (Å²) in [4.78, 5) is 29.9. The topological polar surface area (TPSA) is 83.7 Å². The molecule has 2 aromatic carbocycles. The number of carbonyl (C=O) groups excluding carboxylic acids is 2. The van der Waals surface area contributed by atoms with Crippen molar-refractivity contribution in [3.8, 4) is 11.5 Å². The highest BCUT2D eigenvalue weighted by Crippen LogP contribution is 2.31. The minimum absolute atomic E-state index is 0.0593. The molecule has 2 amide bonds. The number of hydrogen-bond acceptors (Lipinski definition) is 4. The molecule has 7 heteroatoms. The Morgan fingerprint density at radius 2 is 1.93 bits per heavy atom. The number of nitrogens with zero attached hydrogens (tertiary/aromatic N) is 1. The fraction of sp³-hybridized carbons (Fsp3) is 0.273. The highest BCUT2D eigenvalue weighted by atomic mass is 16.5. The second-order valence-corrected chi connectivity index (χ2v) is 7.05. The van der Waals surface area contributed by atoms with Gasteiger partial charge in [0.25, 0.3) is 5.91 Å². The molecule has 150 valence electrons. The van der Waals surface area contributed by atoms with Gasteiger partial charge < -0.3 is 24.7 Å². The maximum absolute atomic E-state index is 12.9. The zero-order valence-electron chi connectivity index (χ0n) is 16.7. The number of rotatable bonds is 4. The van der Waals surface area contributed by atoms with Crippen molar-refractivity contribution in [1.82, 2.24) is 9.88 Å². The molecule has 7 nitrogen and oxygen atoms in total. The Bertz CT molecular complexity index is 1100. The van der Waals surface area contributed by atoms with Crippen molar-refractivity contribution in [1.29, 1.82) is 0 Å². The molecule has 1 aliphatic heterocycles. The van der Waals surface area contributed by atoms with Gasteiger partial charge in [0.05, 0.1) is 19.9 Å². The molecular weight excluding hydrogens is 370 g/mol. The lowest BCUT2D eigenvalue weighted by Crippen LogP contribution is -2.33. The fourth-order valence-corrected chi connectivity index (χ4v) is 3.73. The van der Waals surface area contributed by atoms with E-state index in [-0.39, 0.29) is 11.8 Å². The number of aromatic amines is 1. The Labute approximate surface area is 168 Å². The van der Waals surface area contributed by atoms with Crippen LogP contribution in [-0.2, 0) is 17.8 Å². The zero-order valence-corrected chi connectivity index (χ0v) is 16.7. The molecular formula is C22H23N3O4. The van der Waals surface area contributed by atoms with Gasteiger partial charge in [-0.1, -0.05) is 0 Å². The third kappa shape index (κ3) is 3.51. The van der Waals surface area contributed by atoms with E-state index in [0.29, 0.717) is 35.8 Å². The minimum Gasteiger partial charge on any atom is -0.497 e. The van der Waals surface area contributed by atoms with Gasteiger partial charge in [-0.15, -0.1) is 0 Å². The van der Waals surface area contributed by atoms with Crippen LogP contribution in [0.25, 0.3) is 10.9 Å². The standard InChI is InChI=1S/C22H23N3O4/c1-13(26)25-9-8-19-17(12-25)16-10-14(4-6-18(16)23-19)22(27)24-20-11-15(28-2)5-7-21(20)29-3/h4-7,10-11,23H,8-9,12H2,1-3H3,(H,24,27). The summed E-state index contributed by atoms with van der Waals surface area (Å²) in [6.45, 7) is 2.85. The van der Waals surface area contributed by atoms with Gasteiger partial charge in [0.2, 0.25) is 5.91 Å². The quantitative estimate of drug-likeness (QED) is 0.712. The maximum Gasteiger partial charge on any atom is 0.255 e. The molecule has 29 heavy (non-hydrogen) atoms. The Kier molecular flexibility index (Phi) is 4.88. The van der Waals surface area contributed by atoms with Crippen molar-refractivity contribution in [2.24, 2.45) is 0 Å². The Morgan fingerprint density at radius 3 is 2.66 bits per heavy atom. The van der Waals surface area contributed by atoms with Gasteiger partial charge in [-0.25, -0.2) is 0 Å². The second kappa shape index (κ2) is 7.50. The molecule has 2 N–H and O–H groups in total. The number of methoxy groups -OCH3 is 2. The summed E-state index contributed by atoms with van der Waals surface area (Å²) in [5.41, 5.74) is 4.25. The predicted octanol–water partition coefficient (Wildman–Crippen LogP) is 3.34. The number of ether oxygens (including phenoxy) is 2. The number of fused-ring (bicyclic) bond motifs is 3. The van der Waals surface area contributed by atoms with Gasteiger partial charge in [0.1, 0.15) is 11.5 Å². The number of H-pyrrole nitrogens is 1. The monoisotopic (exact) mass is 393 g/mol. The first kappa shape index (κ1) is 18.9. The van der Waals surface area contributed by atoms with E-state index in [0.717, 1.165) is 28.6 Å². The first-order valence-electron chi connectivity index (χ1n) is 9.42. The summed E-state index contributed by atoms with van der Waals surface area (Å²) in [6, 6.07) is 10.8. The molecule has 0 saturated carbocycles. The highest BCUT2D eigenvalue weighted by Gasteiger charge is 2.23. The van der Waals surface area contributed by atoms with Crippen LogP contribution < -0.4 is 14.8 Å². The van der Waals surface area contributed by atoms with Crippen LogP contribution in [0.15, 0.2) is 36.4 Å². The van der Waals surface area contributed by atoms with E-state index in [1.807, 2.05) is 17.0 Å². The minimum atomic E-state index is -0.243. The molecule has 0 radical (unpaired) electrons. The number of hydrogen-bond donors (Lipinski definition) is 2. The molecule has 0 bridgehead atoms. The lowest BCUT2D eigenvalue weighted by atomic mass is 10.0. The van der Waals surface area contributed by atoms with Crippen LogP contribution in [0.2, 0.25) is 0 Å². The summed E-state index contributed by atoms with van der Waals surface area (Å²) in [5.74, 6) is 0.994. The number of carbonyl (C=O) groups is 2. The average molecular weight is 393 g/mol. The molecule has 0 aliphatic carbocycles. The summed E-state index contributed by atoms with van der Waals surface area (Å²) in [6.07, 6.45) is 0.784. The van der Waals surface area contributed by atoms with E-state index in [9.17, 15) is 9.59 Å². The summed E-state index contributed by atoms with van der Waals surface area (Å²) in [5, 5.41) is 3.87. The van der Waals surface area contributed by atoms with Crippen molar-refractivity contribution in [2.45, 2.75) is 19.9 Å². The molecule has 0 spiro atoms. The van der Waals surface area contributed by atoms with Gasteiger partial charge in [-0.05, 0) is 30.3 Å². The van der Waals surface area contributed by atoms with E-state index in [1.165, 1.54) is 0 Å². The highest BCUT2D eigenvalue weighted by molar-refractivity contribution is 6.07. The van der Waals surface area contributed by atoms with Gasteiger partial charge in [0.15, 0.2) is 0 Å². The normalized spacial score (nSPS) is 13.1. The van der Waals surface area contributed by atoms with Crippen LogP contribution in [0.4, 0.5) is 5.69 Å². The molecule has 0 atom stereocenters. The number of aromatic nitrogens is 1.